The minimum atomic E-state index is -0.0110. The normalized spacial score (nSPS) is 44.3. The second-order valence-corrected chi connectivity index (χ2v) is 8.91. The van der Waals surface area contributed by atoms with E-state index in [2.05, 4.69) is 25.2 Å². The Bertz CT molecular complexity index is 606. The first-order valence-electron chi connectivity index (χ1n) is 10.5. The van der Waals surface area contributed by atoms with Crippen LogP contribution in [0.15, 0.2) is 12.2 Å². The summed E-state index contributed by atoms with van der Waals surface area (Å²) >= 11 is 0. The molecule has 1 N–H and O–H groups in total. The molecule has 27 heavy (non-hydrogen) atoms. The number of rotatable bonds is 1. The molecule has 7 atom stereocenters. The second kappa shape index (κ2) is 8.18. The number of esters is 1. The average molecular weight is 396 g/mol. The first kappa shape index (κ1) is 22.3. The van der Waals surface area contributed by atoms with E-state index < -0.39 is 0 Å². The molecule has 3 saturated carbocycles. The van der Waals surface area contributed by atoms with Crippen molar-refractivity contribution in [1.82, 2.24) is 5.32 Å². The average Bonchev–Trinajstić information content (AvgIpc) is 3.00. The molecule has 0 aromatic heterocycles. The fraction of sp³-hybridized carbons (Fsp3) is 0.818. The Morgan fingerprint density at radius 1 is 1.11 bits per heavy atom. The van der Waals surface area contributed by atoms with Gasteiger partial charge in [-0.15, -0.1) is 0 Å². The number of ether oxygens (including phenoxy) is 1. The largest absolute Gasteiger partial charge is 0.469 e. The Balaban J connectivity index is 0.000000844. The van der Waals surface area contributed by atoms with Gasteiger partial charge in [0.05, 0.1) is 13.0 Å². The molecular formula is C22H37NO3S. The van der Waals surface area contributed by atoms with Gasteiger partial charge in [0, 0.05) is 11.5 Å². The van der Waals surface area contributed by atoms with Crippen LogP contribution in [0.3, 0.4) is 0 Å². The minimum Gasteiger partial charge on any atom is -0.469 e. The Labute approximate surface area is 171 Å². The van der Waals surface area contributed by atoms with Crippen LogP contribution in [0.2, 0.25) is 0 Å². The zero-order chi connectivity index (χ0) is 19.1. The summed E-state index contributed by atoms with van der Waals surface area (Å²) < 4.78 is 5.10. The molecule has 1 aliphatic heterocycles. The van der Waals surface area contributed by atoms with Crippen molar-refractivity contribution in [2.75, 3.05) is 7.11 Å². The lowest BCUT2D eigenvalue weighted by Gasteiger charge is -2.58. The highest BCUT2D eigenvalue weighted by Crippen LogP contribution is 2.65. The molecule has 0 spiro atoms. The molecule has 4 nitrogen and oxygen atoms in total. The van der Waals surface area contributed by atoms with Crippen molar-refractivity contribution in [3.8, 4) is 0 Å². The molecule has 0 radical (unpaired) electrons. The summed E-state index contributed by atoms with van der Waals surface area (Å²) in [5.41, 5.74) is 0.167. The molecule has 4 aliphatic rings. The fourth-order valence-corrected chi connectivity index (χ4v) is 6.86. The van der Waals surface area contributed by atoms with Crippen LogP contribution in [0.5, 0.6) is 0 Å². The number of carbonyl (C=O) groups is 2. The van der Waals surface area contributed by atoms with E-state index in [0.717, 1.165) is 32.1 Å². The highest BCUT2D eigenvalue weighted by molar-refractivity contribution is 7.59. The summed E-state index contributed by atoms with van der Waals surface area (Å²) in [6, 6.07) is 0.276. The molecule has 3 fully saturated rings. The molecular weight excluding hydrogens is 358 g/mol. The quantitative estimate of drug-likeness (QED) is 0.677. The van der Waals surface area contributed by atoms with Crippen LogP contribution in [0.25, 0.3) is 0 Å². The number of fused-ring (bicyclic) bond motifs is 5. The van der Waals surface area contributed by atoms with Crippen molar-refractivity contribution in [3.05, 3.63) is 12.2 Å². The lowest BCUT2D eigenvalue weighted by atomic mass is 9.48. The van der Waals surface area contributed by atoms with Crippen LogP contribution >= 0.6 is 13.5 Å². The zero-order valence-corrected chi connectivity index (χ0v) is 18.5. The topological polar surface area (TPSA) is 55.4 Å². The summed E-state index contributed by atoms with van der Waals surface area (Å²) in [6.07, 6.45) is 10.5. The number of hydrogen-bond acceptors (Lipinski definition) is 3. The van der Waals surface area contributed by atoms with Gasteiger partial charge in [0.1, 0.15) is 0 Å². The Hall–Kier alpha value is -0.970. The van der Waals surface area contributed by atoms with Gasteiger partial charge in [0.25, 0.3) is 0 Å². The molecule has 154 valence electrons. The maximum Gasteiger partial charge on any atom is 0.309 e. The first-order chi connectivity index (χ1) is 12.4. The van der Waals surface area contributed by atoms with Gasteiger partial charge in [0.15, 0.2) is 0 Å². The molecule has 4 rings (SSSR count). The highest BCUT2D eigenvalue weighted by Gasteiger charge is 2.61. The zero-order valence-electron chi connectivity index (χ0n) is 17.5. The van der Waals surface area contributed by atoms with Crippen LogP contribution in [0.4, 0.5) is 0 Å². The second-order valence-electron chi connectivity index (χ2n) is 8.91. The monoisotopic (exact) mass is 395 g/mol. The minimum absolute atomic E-state index is 0. The third-order valence-electron chi connectivity index (χ3n) is 8.17. The summed E-state index contributed by atoms with van der Waals surface area (Å²) in [5, 5.41) is 3.20. The van der Waals surface area contributed by atoms with E-state index in [9.17, 15) is 9.59 Å². The van der Waals surface area contributed by atoms with E-state index >= 15 is 0 Å². The molecule has 0 aromatic rings. The van der Waals surface area contributed by atoms with Crippen LogP contribution in [-0.4, -0.2) is 25.0 Å². The number of amides is 1. The van der Waals surface area contributed by atoms with Crippen LogP contribution < -0.4 is 5.32 Å². The molecule has 1 heterocycles. The van der Waals surface area contributed by atoms with Gasteiger partial charge >= 0.3 is 5.97 Å². The Morgan fingerprint density at radius 3 is 2.48 bits per heavy atom. The molecule has 7 unspecified atom stereocenters. The summed E-state index contributed by atoms with van der Waals surface area (Å²) in [7, 11) is 1.52. The number of methoxy groups -OCH3 is 1. The maximum atomic E-state index is 12.3. The van der Waals surface area contributed by atoms with Crippen molar-refractivity contribution in [2.45, 2.75) is 72.3 Å². The molecule has 0 aromatic carbocycles. The third-order valence-corrected chi connectivity index (χ3v) is 8.17. The summed E-state index contributed by atoms with van der Waals surface area (Å²) in [6.45, 7) is 8.66. The predicted octanol–water partition coefficient (Wildman–Crippen LogP) is 4.21. The number of carbonyl (C=O) groups excluding carboxylic acids is 2. The van der Waals surface area contributed by atoms with Gasteiger partial charge in [-0.1, -0.05) is 33.8 Å². The van der Waals surface area contributed by atoms with Crippen LogP contribution in [-0.2, 0) is 14.3 Å². The van der Waals surface area contributed by atoms with Crippen molar-refractivity contribution in [1.29, 1.82) is 0 Å². The number of nitrogens with one attached hydrogen (secondary N) is 1. The van der Waals surface area contributed by atoms with E-state index in [0.29, 0.717) is 17.8 Å². The smallest absolute Gasteiger partial charge is 0.309 e. The van der Waals surface area contributed by atoms with Gasteiger partial charge in [-0.25, -0.2) is 0 Å². The Kier molecular flexibility index (Phi) is 6.76. The van der Waals surface area contributed by atoms with Crippen LogP contribution in [0, 0.1) is 34.5 Å². The molecule has 1 amide bonds. The van der Waals surface area contributed by atoms with Gasteiger partial charge in [-0.2, -0.15) is 13.5 Å². The van der Waals surface area contributed by atoms with Gasteiger partial charge in [0.2, 0.25) is 5.91 Å². The van der Waals surface area contributed by atoms with E-state index in [4.69, 9.17) is 4.74 Å². The highest BCUT2D eigenvalue weighted by atomic mass is 32.1. The van der Waals surface area contributed by atoms with Gasteiger partial charge in [-0.3, -0.25) is 9.59 Å². The molecule has 5 heteroatoms. The standard InChI is InChI=1S/C20H29NO3.C2H6.H2S/c1-19-10-8-14-12(13(19)5-6-15(19)18(23)24-3)4-7-16-20(14,2)11-9-17(22)21-16;1-2;/h9,11-16H,4-8,10H2,1-3H3,(H,21,22);1-2H3;1H2. The molecule has 0 bridgehead atoms. The summed E-state index contributed by atoms with van der Waals surface area (Å²) in [4.78, 5) is 24.0. The van der Waals surface area contributed by atoms with Crippen LogP contribution in [0.1, 0.15) is 66.2 Å². The molecule has 3 aliphatic carbocycles. The number of hydrogen-bond donors (Lipinski definition) is 1. The lowest BCUT2D eigenvalue weighted by Crippen LogP contribution is -2.59. The SMILES string of the molecule is CC.COC(=O)C1CCC2C3CCC4NC(=O)C=CC4(C)C3CCC12C.S. The first-order valence-corrected chi connectivity index (χ1v) is 10.5. The maximum absolute atomic E-state index is 12.3. The van der Waals surface area contributed by atoms with E-state index in [1.165, 1.54) is 13.5 Å². The van der Waals surface area contributed by atoms with Gasteiger partial charge in [-0.05, 0) is 67.8 Å². The van der Waals surface area contributed by atoms with E-state index in [-0.39, 0.29) is 48.2 Å². The van der Waals surface area contributed by atoms with Crippen molar-refractivity contribution in [2.24, 2.45) is 34.5 Å². The fourth-order valence-electron chi connectivity index (χ4n) is 6.86. The van der Waals surface area contributed by atoms with Crippen molar-refractivity contribution < 1.29 is 14.3 Å². The third kappa shape index (κ3) is 3.34. The van der Waals surface area contributed by atoms with E-state index in [1.54, 1.807) is 6.08 Å². The van der Waals surface area contributed by atoms with Crippen molar-refractivity contribution in [3.63, 3.8) is 0 Å². The predicted molar refractivity (Wildman–Crippen MR) is 113 cm³/mol. The Morgan fingerprint density at radius 2 is 1.81 bits per heavy atom. The van der Waals surface area contributed by atoms with Gasteiger partial charge < -0.3 is 10.1 Å². The van der Waals surface area contributed by atoms with Crippen molar-refractivity contribution >= 4 is 25.4 Å². The lowest BCUT2D eigenvalue weighted by molar-refractivity contribution is -0.153. The van der Waals surface area contributed by atoms with E-state index in [1.807, 2.05) is 13.8 Å². The molecule has 0 saturated heterocycles. The summed E-state index contributed by atoms with van der Waals surface area (Å²) in [5.74, 6) is 2.01.